The van der Waals surface area contributed by atoms with E-state index in [1.807, 2.05) is 11.3 Å². The normalized spacial score (nSPS) is 16.5. The zero-order chi connectivity index (χ0) is 14.8. The molecule has 0 radical (unpaired) electrons. The van der Waals surface area contributed by atoms with Gasteiger partial charge in [0.05, 0.1) is 0 Å². The number of hydrogen-bond acceptors (Lipinski definition) is 3. The predicted octanol–water partition coefficient (Wildman–Crippen LogP) is 3.76. The molecule has 20 heavy (non-hydrogen) atoms. The Kier molecular flexibility index (Phi) is 4.84. The molecule has 2 aromatic rings. The number of nitrogens with zero attached hydrogens (tertiary/aromatic N) is 1. The van der Waals surface area contributed by atoms with E-state index in [0.29, 0.717) is 6.04 Å². The molecule has 1 aromatic heterocycles. The van der Waals surface area contributed by atoms with Gasteiger partial charge in [-0.05, 0) is 63.3 Å². The minimum Gasteiger partial charge on any atom is -0.315 e. The van der Waals surface area contributed by atoms with Crippen LogP contribution in [0.15, 0.2) is 29.6 Å². The first-order valence-corrected chi connectivity index (χ1v) is 8.20. The predicted molar refractivity (Wildman–Crippen MR) is 90.8 cm³/mol. The number of fused-ring (bicyclic) bond motifs is 1. The molecule has 0 bridgehead atoms. The van der Waals surface area contributed by atoms with Crippen molar-refractivity contribution in [2.75, 3.05) is 21.1 Å². The lowest BCUT2D eigenvalue weighted by Gasteiger charge is -2.42. The molecule has 0 saturated heterocycles. The zero-order valence-corrected chi connectivity index (χ0v) is 14.1. The second-order valence-corrected chi connectivity index (χ2v) is 6.82. The molecule has 2 nitrogen and oxygen atoms in total. The summed E-state index contributed by atoms with van der Waals surface area (Å²) in [6.07, 6.45) is 2.20. The third-order valence-electron chi connectivity index (χ3n) is 4.82. The molecule has 0 amide bonds. The molecule has 0 aliphatic carbocycles. The second-order valence-electron chi connectivity index (χ2n) is 5.91. The van der Waals surface area contributed by atoms with E-state index in [1.165, 1.54) is 15.6 Å². The molecule has 0 aliphatic rings. The molecule has 0 saturated carbocycles. The summed E-state index contributed by atoms with van der Waals surface area (Å²) < 4.78 is 1.39. The molecule has 3 heteroatoms. The first-order chi connectivity index (χ1) is 9.52. The Balaban J connectivity index is 2.30. The van der Waals surface area contributed by atoms with Crippen molar-refractivity contribution in [3.05, 3.63) is 35.2 Å². The highest BCUT2D eigenvalue weighted by molar-refractivity contribution is 7.17. The van der Waals surface area contributed by atoms with E-state index in [2.05, 4.69) is 74.9 Å². The van der Waals surface area contributed by atoms with E-state index < -0.39 is 0 Å². The largest absolute Gasteiger partial charge is 0.315 e. The topological polar surface area (TPSA) is 15.3 Å². The van der Waals surface area contributed by atoms with Crippen LogP contribution in [0.1, 0.15) is 25.8 Å². The average Bonchev–Trinajstić information content (AvgIpc) is 2.87. The standard InChI is InChI=1S/C17H26N2S/c1-6-17(2,19(4)5)16(18-3)11-13-12-20-15-10-8-7-9-14(13)15/h7-10,12,16,18H,6,11H2,1-5H3. The van der Waals surface area contributed by atoms with Crippen molar-refractivity contribution in [2.24, 2.45) is 0 Å². The van der Waals surface area contributed by atoms with Gasteiger partial charge in [0.2, 0.25) is 0 Å². The fraction of sp³-hybridized carbons (Fsp3) is 0.529. The summed E-state index contributed by atoms with van der Waals surface area (Å²) in [5.74, 6) is 0. The fourth-order valence-corrected chi connectivity index (χ4v) is 3.89. The van der Waals surface area contributed by atoms with Crippen molar-refractivity contribution >= 4 is 21.4 Å². The lowest BCUT2D eigenvalue weighted by Crippen LogP contribution is -2.56. The van der Waals surface area contributed by atoms with Crippen LogP contribution >= 0.6 is 11.3 Å². The Morgan fingerprint density at radius 2 is 2.00 bits per heavy atom. The third-order valence-corrected chi connectivity index (χ3v) is 5.83. The SMILES string of the molecule is CCC(C)(C(Cc1csc2ccccc12)NC)N(C)C. The minimum atomic E-state index is 0.164. The van der Waals surface area contributed by atoms with E-state index in [0.717, 1.165) is 12.8 Å². The van der Waals surface area contributed by atoms with Crippen LogP contribution in [0, 0.1) is 0 Å². The zero-order valence-electron chi connectivity index (χ0n) is 13.2. The molecule has 0 fully saturated rings. The highest BCUT2D eigenvalue weighted by Crippen LogP contribution is 2.30. The summed E-state index contributed by atoms with van der Waals surface area (Å²) in [6, 6.07) is 9.15. The average molecular weight is 290 g/mol. The van der Waals surface area contributed by atoms with Crippen LogP contribution < -0.4 is 5.32 Å². The summed E-state index contributed by atoms with van der Waals surface area (Å²) >= 11 is 1.85. The number of thiophene rings is 1. The fourth-order valence-electron chi connectivity index (χ4n) is 2.92. The number of benzene rings is 1. The van der Waals surface area contributed by atoms with E-state index in [-0.39, 0.29) is 5.54 Å². The maximum atomic E-state index is 3.54. The van der Waals surface area contributed by atoms with Gasteiger partial charge in [0.15, 0.2) is 0 Å². The summed E-state index contributed by atoms with van der Waals surface area (Å²) in [6.45, 7) is 4.62. The van der Waals surface area contributed by atoms with Gasteiger partial charge in [0.25, 0.3) is 0 Å². The van der Waals surface area contributed by atoms with Crippen LogP contribution in [0.2, 0.25) is 0 Å². The number of rotatable bonds is 6. The maximum absolute atomic E-state index is 3.54. The third kappa shape index (κ3) is 2.76. The number of likely N-dealkylation sites (N-methyl/N-ethyl adjacent to an activating group) is 2. The monoisotopic (exact) mass is 290 g/mol. The van der Waals surface area contributed by atoms with Crippen molar-refractivity contribution in [3.63, 3.8) is 0 Å². The van der Waals surface area contributed by atoms with Gasteiger partial charge in [-0.1, -0.05) is 25.1 Å². The van der Waals surface area contributed by atoms with Gasteiger partial charge in [-0.15, -0.1) is 11.3 Å². The molecule has 1 aromatic carbocycles. The van der Waals surface area contributed by atoms with Crippen LogP contribution in [0.25, 0.3) is 10.1 Å². The lowest BCUT2D eigenvalue weighted by molar-refractivity contribution is 0.116. The second kappa shape index (κ2) is 6.25. The van der Waals surface area contributed by atoms with Crippen molar-refractivity contribution in [2.45, 2.75) is 38.3 Å². The smallest absolute Gasteiger partial charge is 0.0345 e. The summed E-state index contributed by atoms with van der Waals surface area (Å²) in [5, 5.41) is 7.27. The van der Waals surface area contributed by atoms with Gasteiger partial charge in [-0.2, -0.15) is 0 Å². The van der Waals surface area contributed by atoms with Gasteiger partial charge in [0.1, 0.15) is 0 Å². The van der Waals surface area contributed by atoms with Crippen molar-refractivity contribution in [1.29, 1.82) is 0 Å². The van der Waals surface area contributed by atoms with Gasteiger partial charge >= 0.3 is 0 Å². The quantitative estimate of drug-likeness (QED) is 0.871. The molecule has 1 N–H and O–H groups in total. The van der Waals surface area contributed by atoms with Gasteiger partial charge in [0, 0.05) is 16.3 Å². The molecule has 2 unspecified atom stereocenters. The summed E-state index contributed by atoms with van der Waals surface area (Å²) in [4.78, 5) is 2.35. The Labute approximate surface area is 126 Å². The van der Waals surface area contributed by atoms with Crippen molar-refractivity contribution < 1.29 is 0 Å². The first kappa shape index (κ1) is 15.5. The Hall–Kier alpha value is -0.900. The van der Waals surface area contributed by atoms with Gasteiger partial charge < -0.3 is 10.2 Å². The lowest BCUT2D eigenvalue weighted by atomic mass is 9.84. The molecule has 1 heterocycles. The van der Waals surface area contributed by atoms with E-state index in [1.54, 1.807) is 0 Å². The van der Waals surface area contributed by atoms with Crippen LogP contribution in [0.5, 0.6) is 0 Å². The van der Waals surface area contributed by atoms with E-state index in [4.69, 9.17) is 0 Å². The van der Waals surface area contributed by atoms with E-state index >= 15 is 0 Å². The molecular formula is C17H26N2S. The van der Waals surface area contributed by atoms with Crippen LogP contribution in [-0.4, -0.2) is 37.6 Å². The van der Waals surface area contributed by atoms with Crippen LogP contribution in [0.3, 0.4) is 0 Å². The highest BCUT2D eigenvalue weighted by Gasteiger charge is 2.34. The molecule has 0 aliphatic heterocycles. The van der Waals surface area contributed by atoms with Crippen LogP contribution in [-0.2, 0) is 6.42 Å². The van der Waals surface area contributed by atoms with Gasteiger partial charge in [-0.3, -0.25) is 0 Å². The first-order valence-electron chi connectivity index (χ1n) is 7.32. The maximum Gasteiger partial charge on any atom is 0.0345 e. The molecular weight excluding hydrogens is 264 g/mol. The van der Waals surface area contributed by atoms with Crippen LogP contribution in [0.4, 0.5) is 0 Å². The Morgan fingerprint density at radius 3 is 2.60 bits per heavy atom. The van der Waals surface area contributed by atoms with Gasteiger partial charge in [-0.25, -0.2) is 0 Å². The molecule has 2 atom stereocenters. The molecule has 0 spiro atoms. The van der Waals surface area contributed by atoms with Crippen molar-refractivity contribution in [1.82, 2.24) is 10.2 Å². The molecule has 2 rings (SSSR count). The number of nitrogens with one attached hydrogen (secondary N) is 1. The highest BCUT2D eigenvalue weighted by atomic mass is 32.1. The Morgan fingerprint density at radius 1 is 1.30 bits per heavy atom. The van der Waals surface area contributed by atoms with Crippen molar-refractivity contribution in [3.8, 4) is 0 Å². The summed E-state index contributed by atoms with van der Waals surface area (Å²) in [5.41, 5.74) is 1.63. The minimum absolute atomic E-state index is 0.164. The Bertz CT molecular complexity index is 561. The summed E-state index contributed by atoms with van der Waals surface area (Å²) in [7, 11) is 6.44. The number of hydrogen-bond donors (Lipinski definition) is 1. The molecule has 110 valence electrons. The van der Waals surface area contributed by atoms with E-state index in [9.17, 15) is 0 Å².